The number of amides is 1. The number of carbonyl (C=O) groups is 2. The van der Waals surface area contributed by atoms with E-state index in [1.807, 2.05) is 20.8 Å². The van der Waals surface area contributed by atoms with Crippen LogP contribution in [0, 0.1) is 0 Å². The zero-order valence-corrected chi connectivity index (χ0v) is 11.9. The van der Waals surface area contributed by atoms with Crippen LogP contribution in [0.3, 0.4) is 0 Å². The third kappa shape index (κ3) is 3.23. The molecule has 2 rings (SSSR count). The first kappa shape index (κ1) is 13.8. The molecule has 1 aliphatic rings. The van der Waals surface area contributed by atoms with Gasteiger partial charge in [0, 0.05) is 17.8 Å². The second kappa shape index (κ2) is 4.80. The summed E-state index contributed by atoms with van der Waals surface area (Å²) in [6.07, 6.45) is 0.238. The van der Waals surface area contributed by atoms with Gasteiger partial charge >= 0.3 is 12.1 Å². The summed E-state index contributed by atoms with van der Waals surface area (Å²) in [6, 6.07) is 0. The molecule has 1 aliphatic heterocycles. The number of aromatic carboxylic acids is 1. The Labute approximate surface area is 115 Å². The van der Waals surface area contributed by atoms with E-state index < -0.39 is 11.6 Å². The zero-order chi connectivity index (χ0) is 14.2. The summed E-state index contributed by atoms with van der Waals surface area (Å²) in [4.78, 5) is 29.3. The molecule has 19 heavy (non-hydrogen) atoms. The Bertz CT molecular complexity index is 518. The van der Waals surface area contributed by atoms with Gasteiger partial charge in [0.05, 0.1) is 12.2 Å². The Morgan fingerprint density at radius 3 is 2.68 bits per heavy atom. The van der Waals surface area contributed by atoms with Crippen molar-refractivity contribution in [2.24, 2.45) is 0 Å². The molecular formula is C12H16N2O4S. The first-order valence-electron chi connectivity index (χ1n) is 5.96. The average Bonchev–Trinajstić information content (AvgIpc) is 2.69. The first-order chi connectivity index (χ1) is 8.76. The van der Waals surface area contributed by atoms with Crippen LogP contribution >= 0.6 is 11.3 Å². The number of ether oxygens (including phenoxy) is 1. The fourth-order valence-electron chi connectivity index (χ4n) is 1.77. The number of aromatic nitrogens is 1. The monoisotopic (exact) mass is 284 g/mol. The minimum Gasteiger partial charge on any atom is -0.476 e. The number of hydrogen-bond acceptors (Lipinski definition) is 5. The van der Waals surface area contributed by atoms with Crippen LogP contribution in [0.15, 0.2) is 0 Å². The predicted molar refractivity (Wildman–Crippen MR) is 69.4 cm³/mol. The Balaban J connectivity index is 2.09. The van der Waals surface area contributed by atoms with Gasteiger partial charge in [0.1, 0.15) is 5.60 Å². The fraction of sp³-hybridized carbons (Fsp3) is 0.583. The summed E-state index contributed by atoms with van der Waals surface area (Å²) >= 11 is 1.18. The summed E-state index contributed by atoms with van der Waals surface area (Å²) in [5, 5.41) is 8.98. The van der Waals surface area contributed by atoms with Crippen molar-refractivity contribution in [3.8, 4) is 0 Å². The topological polar surface area (TPSA) is 79.7 Å². The Hall–Kier alpha value is -1.63. The Morgan fingerprint density at radius 2 is 2.11 bits per heavy atom. The van der Waals surface area contributed by atoms with Crippen LogP contribution < -0.4 is 0 Å². The van der Waals surface area contributed by atoms with Crippen molar-refractivity contribution >= 4 is 23.4 Å². The van der Waals surface area contributed by atoms with Crippen LogP contribution in [-0.4, -0.2) is 39.2 Å². The van der Waals surface area contributed by atoms with Gasteiger partial charge in [0.15, 0.2) is 0 Å². The smallest absolute Gasteiger partial charge is 0.410 e. The molecule has 0 radical (unpaired) electrons. The molecule has 1 aromatic heterocycles. The van der Waals surface area contributed by atoms with Gasteiger partial charge in [-0.15, -0.1) is 11.3 Å². The van der Waals surface area contributed by atoms with E-state index in [2.05, 4.69) is 4.98 Å². The Kier molecular flexibility index (Phi) is 3.49. The van der Waals surface area contributed by atoms with Crippen molar-refractivity contribution in [2.45, 2.75) is 39.3 Å². The van der Waals surface area contributed by atoms with E-state index in [-0.39, 0.29) is 11.1 Å². The second-order valence-electron chi connectivity index (χ2n) is 5.35. The number of hydrogen-bond donors (Lipinski definition) is 1. The average molecular weight is 284 g/mol. The lowest BCUT2D eigenvalue weighted by Crippen LogP contribution is -2.39. The summed E-state index contributed by atoms with van der Waals surface area (Å²) in [5.41, 5.74) is 0.130. The van der Waals surface area contributed by atoms with Gasteiger partial charge in [-0.2, -0.15) is 0 Å². The molecular weight excluding hydrogens is 268 g/mol. The van der Waals surface area contributed by atoms with Crippen molar-refractivity contribution < 1.29 is 19.4 Å². The van der Waals surface area contributed by atoms with E-state index in [0.29, 0.717) is 25.2 Å². The van der Waals surface area contributed by atoms with Crippen molar-refractivity contribution in [3.05, 3.63) is 15.6 Å². The molecule has 0 atom stereocenters. The van der Waals surface area contributed by atoms with E-state index in [1.165, 1.54) is 11.3 Å². The molecule has 1 N–H and O–H groups in total. The van der Waals surface area contributed by atoms with E-state index in [1.54, 1.807) is 4.90 Å². The third-order valence-electron chi connectivity index (χ3n) is 2.56. The van der Waals surface area contributed by atoms with Gasteiger partial charge in [-0.05, 0) is 20.8 Å². The van der Waals surface area contributed by atoms with E-state index in [9.17, 15) is 9.59 Å². The molecule has 6 nitrogen and oxygen atoms in total. The molecule has 1 aromatic rings. The van der Waals surface area contributed by atoms with Crippen LogP contribution in [0.1, 0.15) is 41.1 Å². The highest BCUT2D eigenvalue weighted by atomic mass is 32.1. The molecule has 1 amide bonds. The van der Waals surface area contributed by atoms with Crippen LogP contribution in [0.4, 0.5) is 4.79 Å². The van der Waals surface area contributed by atoms with Crippen LogP contribution in [0.2, 0.25) is 0 Å². The van der Waals surface area contributed by atoms with E-state index in [4.69, 9.17) is 9.84 Å². The number of nitrogens with zero attached hydrogens (tertiary/aromatic N) is 2. The van der Waals surface area contributed by atoms with Gasteiger partial charge in [0.2, 0.25) is 5.01 Å². The van der Waals surface area contributed by atoms with Crippen molar-refractivity contribution in [1.82, 2.24) is 9.88 Å². The standard InChI is InChI=1S/C12H16N2O4S/c1-12(2,3)18-11(17)14-5-4-8-7(6-14)13-9(19-8)10(15)16/h4-6H2,1-3H3,(H,15,16). The maximum atomic E-state index is 11.9. The highest BCUT2D eigenvalue weighted by molar-refractivity contribution is 7.13. The highest BCUT2D eigenvalue weighted by Crippen LogP contribution is 2.26. The summed E-state index contributed by atoms with van der Waals surface area (Å²) in [5.74, 6) is -1.02. The summed E-state index contributed by atoms with van der Waals surface area (Å²) in [7, 11) is 0. The van der Waals surface area contributed by atoms with Crippen molar-refractivity contribution in [3.63, 3.8) is 0 Å². The maximum Gasteiger partial charge on any atom is 0.410 e. The lowest BCUT2D eigenvalue weighted by molar-refractivity contribution is 0.0222. The maximum absolute atomic E-state index is 11.9. The van der Waals surface area contributed by atoms with E-state index >= 15 is 0 Å². The second-order valence-corrected chi connectivity index (χ2v) is 6.43. The summed E-state index contributed by atoms with van der Waals surface area (Å²) < 4.78 is 5.29. The molecule has 0 saturated carbocycles. The van der Waals surface area contributed by atoms with Crippen LogP contribution in [0.25, 0.3) is 0 Å². The molecule has 2 heterocycles. The van der Waals surface area contributed by atoms with Gasteiger partial charge in [-0.25, -0.2) is 14.6 Å². The predicted octanol–water partition coefficient (Wildman–Crippen LogP) is 2.13. The lowest BCUT2D eigenvalue weighted by atomic mass is 10.2. The SMILES string of the molecule is CC(C)(C)OC(=O)N1CCc2sc(C(=O)O)nc2C1. The van der Waals surface area contributed by atoms with Crippen LogP contribution in [0.5, 0.6) is 0 Å². The van der Waals surface area contributed by atoms with Crippen molar-refractivity contribution in [1.29, 1.82) is 0 Å². The van der Waals surface area contributed by atoms with Gasteiger partial charge in [0.25, 0.3) is 0 Å². The number of thiazole rings is 1. The quantitative estimate of drug-likeness (QED) is 0.854. The summed E-state index contributed by atoms with van der Waals surface area (Å²) in [6.45, 7) is 6.28. The minimum atomic E-state index is -1.02. The van der Waals surface area contributed by atoms with Crippen LogP contribution in [-0.2, 0) is 17.7 Å². The largest absolute Gasteiger partial charge is 0.476 e. The minimum absolute atomic E-state index is 0.0797. The molecule has 7 heteroatoms. The van der Waals surface area contributed by atoms with Crippen molar-refractivity contribution in [2.75, 3.05) is 6.54 Å². The molecule has 0 spiro atoms. The molecule has 0 saturated heterocycles. The normalized spacial score (nSPS) is 15.0. The lowest BCUT2D eigenvalue weighted by Gasteiger charge is -2.29. The number of carboxylic acids is 1. The van der Waals surface area contributed by atoms with Gasteiger partial charge in [-0.1, -0.05) is 0 Å². The number of carboxylic acid groups (broad SMARTS) is 1. The fourth-order valence-corrected chi connectivity index (χ4v) is 2.67. The Morgan fingerprint density at radius 1 is 1.42 bits per heavy atom. The highest BCUT2D eigenvalue weighted by Gasteiger charge is 2.28. The third-order valence-corrected chi connectivity index (χ3v) is 3.71. The zero-order valence-electron chi connectivity index (χ0n) is 11.1. The van der Waals surface area contributed by atoms with Gasteiger partial charge < -0.3 is 14.7 Å². The molecule has 0 fully saturated rings. The number of carbonyl (C=O) groups excluding carboxylic acids is 1. The molecule has 0 unspecified atom stereocenters. The first-order valence-corrected chi connectivity index (χ1v) is 6.78. The molecule has 104 valence electrons. The van der Waals surface area contributed by atoms with E-state index in [0.717, 1.165) is 4.88 Å². The molecule has 0 aromatic carbocycles. The number of fused-ring (bicyclic) bond motifs is 1. The molecule has 0 aliphatic carbocycles. The molecule has 0 bridgehead atoms. The number of rotatable bonds is 1. The van der Waals surface area contributed by atoms with Gasteiger partial charge in [-0.3, -0.25) is 0 Å².